The number of nitrogens with two attached hydrogens (primary N) is 1. The highest BCUT2D eigenvalue weighted by Crippen LogP contribution is 2.23. The number of carbonyl (C=O) groups is 1. The van der Waals surface area contributed by atoms with Crippen molar-refractivity contribution in [2.45, 2.75) is 13.0 Å². The van der Waals surface area contributed by atoms with Crippen LogP contribution in [-0.4, -0.2) is 10.9 Å². The van der Waals surface area contributed by atoms with Crippen LogP contribution in [0.2, 0.25) is 0 Å². The molecule has 2 aromatic heterocycles. The van der Waals surface area contributed by atoms with Crippen LogP contribution in [0, 0.1) is 0 Å². The molecule has 0 aliphatic carbocycles. The van der Waals surface area contributed by atoms with E-state index in [0.29, 0.717) is 28.9 Å². The van der Waals surface area contributed by atoms with Gasteiger partial charge in [0.1, 0.15) is 17.9 Å². The second-order valence-electron chi connectivity index (χ2n) is 5.04. The van der Waals surface area contributed by atoms with Gasteiger partial charge in [-0.25, -0.2) is 4.79 Å². The van der Waals surface area contributed by atoms with E-state index in [4.69, 9.17) is 14.9 Å². The van der Waals surface area contributed by atoms with Gasteiger partial charge in [0.15, 0.2) is 0 Å². The molecule has 2 heterocycles. The van der Waals surface area contributed by atoms with Crippen molar-refractivity contribution in [3.8, 4) is 5.75 Å². The molecule has 3 aromatic rings. The Bertz CT molecular complexity index is 903. The molecule has 3 rings (SSSR count). The van der Waals surface area contributed by atoms with Crippen LogP contribution >= 0.6 is 0 Å². The molecule has 0 bridgehead atoms. The summed E-state index contributed by atoms with van der Waals surface area (Å²) in [6.45, 7) is 0.352. The molecule has 0 saturated heterocycles. The van der Waals surface area contributed by atoms with Gasteiger partial charge in [0, 0.05) is 35.5 Å². The van der Waals surface area contributed by atoms with Crippen LogP contribution in [0.4, 0.5) is 0 Å². The zero-order chi connectivity index (χ0) is 16.2. The summed E-state index contributed by atoms with van der Waals surface area (Å²) in [6, 6.07) is 10.1. The van der Waals surface area contributed by atoms with E-state index < -0.39 is 11.5 Å². The predicted molar refractivity (Wildman–Crippen MR) is 84.0 cm³/mol. The maximum Gasteiger partial charge on any atom is 0.336 e. The quantitative estimate of drug-likeness (QED) is 0.725. The summed E-state index contributed by atoms with van der Waals surface area (Å²) in [5, 5.41) is 0.664. The molecule has 6 nitrogen and oxygen atoms in total. The fraction of sp³-hybridized carbons (Fsp3) is 0.118. The minimum absolute atomic E-state index is 0.0159. The number of amides is 1. The predicted octanol–water partition coefficient (Wildman–Crippen LogP) is 1.79. The van der Waals surface area contributed by atoms with Gasteiger partial charge in [-0.05, 0) is 23.8 Å². The number of benzene rings is 1. The highest BCUT2D eigenvalue weighted by atomic mass is 16.5. The summed E-state index contributed by atoms with van der Waals surface area (Å²) >= 11 is 0. The van der Waals surface area contributed by atoms with E-state index in [0.717, 1.165) is 5.56 Å². The third-order valence-electron chi connectivity index (χ3n) is 3.29. The van der Waals surface area contributed by atoms with E-state index in [1.807, 2.05) is 12.1 Å². The molecule has 0 fully saturated rings. The maximum absolute atomic E-state index is 11.6. The van der Waals surface area contributed by atoms with Gasteiger partial charge < -0.3 is 14.9 Å². The lowest BCUT2D eigenvalue weighted by Gasteiger charge is -2.08. The Morgan fingerprint density at radius 2 is 2.13 bits per heavy atom. The smallest absolute Gasteiger partial charge is 0.336 e. The molecule has 1 amide bonds. The van der Waals surface area contributed by atoms with E-state index in [1.54, 1.807) is 30.6 Å². The number of hydrogen-bond donors (Lipinski definition) is 1. The van der Waals surface area contributed by atoms with E-state index in [-0.39, 0.29) is 6.42 Å². The van der Waals surface area contributed by atoms with Crippen LogP contribution in [0.1, 0.15) is 11.1 Å². The minimum Gasteiger partial charge on any atom is -0.489 e. The van der Waals surface area contributed by atoms with Gasteiger partial charge in [-0.3, -0.25) is 9.78 Å². The second-order valence-corrected chi connectivity index (χ2v) is 5.04. The van der Waals surface area contributed by atoms with Crippen molar-refractivity contribution in [2.75, 3.05) is 0 Å². The zero-order valence-corrected chi connectivity index (χ0v) is 12.2. The molecule has 0 saturated carbocycles. The van der Waals surface area contributed by atoms with E-state index in [1.165, 1.54) is 6.07 Å². The standard InChI is InChI=1S/C17H14N2O4/c18-16(20)6-12-7-17(21)23-15-8-13(3-4-14(12)15)22-10-11-2-1-5-19-9-11/h1-5,7-9H,6,10H2,(H2,18,20). The second kappa shape index (κ2) is 6.31. The van der Waals surface area contributed by atoms with Crippen molar-refractivity contribution in [2.24, 2.45) is 5.73 Å². The van der Waals surface area contributed by atoms with Crippen molar-refractivity contribution in [3.63, 3.8) is 0 Å². The largest absolute Gasteiger partial charge is 0.489 e. The number of hydrogen-bond acceptors (Lipinski definition) is 5. The Balaban J connectivity index is 1.89. The molecule has 116 valence electrons. The number of primary amides is 1. The van der Waals surface area contributed by atoms with Crippen LogP contribution in [0.5, 0.6) is 5.75 Å². The summed E-state index contributed by atoms with van der Waals surface area (Å²) in [5.41, 5.74) is 6.51. The zero-order valence-electron chi connectivity index (χ0n) is 12.2. The third kappa shape index (κ3) is 3.55. The fourth-order valence-electron chi connectivity index (χ4n) is 2.28. The normalized spacial score (nSPS) is 10.6. The molecular formula is C17H14N2O4. The molecule has 0 aliphatic heterocycles. The van der Waals surface area contributed by atoms with Crippen molar-refractivity contribution in [1.29, 1.82) is 0 Å². The Morgan fingerprint density at radius 1 is 1.26 bits per heavy atom. The van der Waals surface area contributed by atoms with E-state index in [9.17, 15) is 9.59 Å². The number of pyridine rings is 1. The summed E-state index contributed by atoms with van der Waals surface area (Å²) in [5.74, 6) is 0.0505. The Labute approximate surface area is 131 Å². The minimum atomic E-state index is -0.529. The highest BCUT2D eigenvalue weighted by molar-refractivity contribution is 5.87. The Kier molecular flexibility index (Phi) is 4.05. The van der Waals surface area contributed by atoms with Gasteiger partial charge in [0.2, 0.25) is 5.91 Å². The molecule has 0 radical (unpaired) electrons. The first-order valence-corrected chi connectivity index (χ1v) is 6.98. The average Bonchev–Trinajstić information content (AvgIpc) is 2.53. The summed E-state index contributed by atoms with van der Waals surface area (Å²) in [7, 11) is 0. The molecule has 0 atom stereocenters. The average molecular weight is 310 g/mol. The van der Waals surface area contributed by atoms with E-state index in [2.05, 4.69) is 4.98 Å². The van der Waals surface area contributed by atoms with Crippen LogP contribution in [0.3, 0.4) is 0 Å². The SMILES string of the molecule is NC(=O)Cc1cc(=O)oc2cc(OCc3cccnc3)ccc12. The fourth-order valence-corrected chi connectivity index (χ4v) is 2.28. The van der Waals surface area contributed by atoms with Gasteiger partial charge >= 0.3 is 5.63 Å². The van der Waals surface area contributed by atoms with Crippen LogP contribution in [0.25, 0.3) is 11.0 Å². The molecule has 1 aromatic carbocycles. The summed E-state index contributed by atoms with van der Waals surface area (Å²) in [6.07, 6.45) is 3.39. The van der Waals surface area contributed by atoms with Crippen molar-refractivity contribution >= 4 is 16.9 Å². The lowest BCUT2D eigenvalue weighted by Crippen LogP contribution is -2.15. The molecule has 0 unspecified atom stereocenters. The molecular weight excluding hydrogens is 296 g/mol. The van der Waals surface area contributed by atoms with Crippen LogP contribution in [-0.2, 0) is 17.8 Å². The van der Waals surface area contributed by atoms with Crippen molar-refractivity contribution < 1.29 is 13.9 Å². The van der Waals surface area contributed by atoms with Gasteiger partial charge in [-0.1, -0.05) is 6.07 Å². The monoisotopic (exact) mass is 310 g/mol. The van der Waals surface area contributed by atoms with Gasteiger partial charge in [-0.15, -0.1) is 0 Å². The lowest BCUT2D eigenvalue weighted by molar-refractivity contribution is -0.117. The molecule has 0 spiro atoms. The number of ether oxygens (including phenoxy) is 1. The van der Waals surface area contributed by atoms with E-state index >= 15 is 0 Å². The highest BCUT2D eigenvalue weighted by Gasteiger charge is 2.09. The number of carbonyl (C=O) groups excluding carboxylic acids is 1. The Hall–Kier alpha value is -3.15. The molecule has 23 heavy (non-hydrogen) atoms. The molecule has 2 N–H and O–H groups in total. The summed E-state index contributed by atoms with van der Waals surface area (Å²) < 4.78 is 10.8. The van der Waals surface area contributed by atoms with Gasteiger partial charge in [0.05, 0.1) is 6.42 Å². The van der Waals surface area contributed by atoms with Crippen LogP contribution in [0.15, 0.2) is 58.0 Å². The number of nitrogens with zero attached hydrogens (tertiary/aromatic N) is 1. The summed E-state index contributed by atoms with van der Waals surface area (Å²) in [4.78, 5) is 26.7. The molecule has 6 heteroatoms. The number of fused-ring (bicyclic) bond motifs is 1. The number of rotatable bonds is 5. The molecule has 0 aliphatic rings. The first-order chi connectivity index (χ1) is 11.1. The maximum atomic E-state index is 11.6. The van der Waals surface area contributed by atoms with Crippen molar-refractivity contribution in [3.05, 3.63) is 70.3 Å². The van der Waals surface area contributed by atoms with Crippen molar-refractivity contribution in [1.82, 2.24) is 4.98 Å². The topological polar surface area (TPSA) is 95.4 Å². The first-order valence-electron chi connectivity index (χ1n) is 6.98. The lowest BCUT2D eigenvalue weighted by atomic mass is 10.1. The third-order valence-corrected chi connectivity index (χ3v) is 3.29. The first kappa shape index (κ1) is 14.8. The van der Waals surface area contributed by atoms with Crippen LogP contribution < -0.4 is 16.1 Å². The van der Waals surface area contributed by atoms with Gasteiger partial charge in [0.25, 0.3) is 0 Å². The number of aromatic nitrogens is 1. The van der Waals surface area contributed by atoms with Gasteiger partial charge in [-0.2, -0.15) is 0 Å². The Morgan fingerprint density at radius 3 is 2.87 bits per heavy atom.